The van der Waals surface area contributed by atoms with Crippen LogP contribution in [0.2, 0.25) is 0 Å². The summed E-state index contributed by atoms with van der Waals surface area (Å²) in [5, 5.41) is 5.62. The molecule has 1 aliphatic rings. The number of nitrogens with one attached hydrogen (secondary N) is 2. The highest BCUT2D eigenvalue weighted by molar-refractivity contribution is 7.90. The van der Waals surface area contributed by atoms with E-state index in [0.29, 0.717) is 19.3 Å². The van der Waals surface area contributed by atoms with Crippen molar-refractivity contribution in [3.05, 3.63) is 35.9 Å². The van der Waals surface area contributed by atoms with Crippen molar-refractivity contribution in [3.63, 3.8) is 0 Å². The van der Waals surface area contributed by atoms with Crippen LogP contribution in [-0.4, -0.2) is 50.3 Å². The van der Waals surface area contributed by atoms with Gasteiger partial charge < -0.3 is 20.1 Å². The van der Waals surface area contributed by atoms with Gasteiger partial charge in [0.05, 0.1) is 5.75 Å². The quantitative estimate of drug-likeness (QED) is 0.703. The number of carbonyl (C=O) groups excluding carboxylic acids is 2. The molecule has 168 valence electrons. The van der Waals surface area contributed by atoms with E-state index in [2.05, 4.69) is 10.6 Å². The van der Waals surface area contributed by atoms with E-state index in [4.69, 9.17) is 9.47 Å². The molecule has 1 fully saturated rings. The molecule has 2 rings (SSSR count). The third-order valence-electron chi connectivity index (χ3n) is 4.74. The average Bonchev–Trinajstić information content (AvgIpc) is 2.60. The minimum atomic E-state index is -3.26. The zero-order valence-corrected chi connectivity index (χ0v) is 18.8. The Morgan fingerprint density at radius 2 is 1.73 bits per heavy atom. The summed E-state index contributed by atoms with van der Waals surface area (Å²) in [6.07, 6.45) is 1.61. The lowest BCUT2D eigenvalue weighted by Crippen LogP contribution is -2.51. The number of ether oxygens (including phenoxy) is 2. The molecule has 0 aromatic heterocycles. The minimum Gasteiger partial charge on any atom is -0.445 e. The van der Waals surface area contributed by atoms with Crippen molar-refractivity contribution in [2.75, 3.05) is 12.0 Å². The second-order valence-corrected chi connectivity index (χ2v) is 11.0. The topological polar surface area (TPSA) is 111 Å². The Labute approximate surface area is 178 Å². The summed E-state index contributed by atoms with van der Waals surface area (Å²) in [6.45, 7) is 5.47. The Kier molecular flexibility index (Phi) is 8.11. The molecule has 0 radical (unpaired) electrons. The van der Waals surface area contributed by atoms with Gasteiger partial charge >= 0.3 is 12.2 Å². The number of alkyl carbamates (subject to hydrolysis) is 2. The molecule has 8 nitrogen and oxygen atoms in total. The maximum absolute atomic E-state index is 12.2. The van der Waals surface area contributed by atoms with Crippen LogP contribution in [0.5, 0.6) is 0 Å². The van der Waals surface area contributed by atoms with Crippen molar-refractivity contribution in [1.29, 1.82) is 0 Å². The van der Waals surface area contributed by atoms with E-state index in [9.17, 15) is 18.0 Å². The van der Waals surface area contributed by atoms with Crippen LogP contribution in [-0.2, 0) is 25.9 Å². The van der Waals surface area contributed by atoms with E-state index in [1.54, 1.807) is 20.8 Å². The number of rotatable bonds is 6. The number of sulfone groups is 1. The molecule has 1 aliphatic carbocycles. The summed E-state index contributed by atoms with van der Waals surface area (Å²) in [6, 6.07) is 8.74. The van der Waals surface area contributed by atoms with Crippen molar-refractivity contribution in [1.82, 2.24) is 10.6 Å². The van der Waals surface area contributed by atoms with Crippen LogP contribution >= 0.6 is 0 Å². The second kappa shape index (κ2) is 10.1. The molecule has 30 heavy (non-hydrogen) atoms. The van der Waals surface area contributed by atoms with Crippen LogP contribution < -0.4 is 10.6 Å². The summed E-state index contributed by atoms with van der Waals surface area (Å²) >= 11 is 0. The molecule has 2 N–H and O–H groups in total. The Morgan fingerprint density at radius 1 is 1.07 bits per heavy atom. The van der Waals surface area contributed by atoms with Gasteiger partial charge in [-0.1, -0.05) is 30.3 Å². The first kappa shape index (κ1) is 24.0. The van der Waals surface area contributed by atoms with Gasteiger partial charge in [-0.15, -0.1) is 0 Å². The monoisotopic (exact) mass is 440 g/mol. The third-order valence-corrected chi connectivity index (χ3v) is 5.77. The van der Waals surface area contributed by atoms with Crippen molar-refractivity contribution < 1.29 is 27.5 Å². The smallest absolute Gasteiger partial charge is 0.407 e. The van der Waals surface area contributed by atoms with Crippen LogP contribution in [0, 0.1) is 5.92 Å². The molecule has 1 aromatic carbocycles. The Bertz CT molecular complexity index is 820. The van der Waals surface area contributed by atoms with Crippen LogP contribution in [0.15, 0.2) is 30.3 Å². The number of hydrogen-bond acceptors (Lipinski definition) is 6. The molecule has 0 aliphatic heterocycles. The molecule has 0 spiro atoms. The molecule has 0 saturated heterocycles. The molecular weight excluding hydrogens is 408 g/mol. The molecule has 1 aromatic rings. The van der Waals surface area contributed by atoms with Crippen molar-refractivity contribution in [3.8, 4) is 0 Å². The Balaban J connectivity index is 1.94. The van der Waals surface area contributed by atoms with Crippen molar-refractivity contribution >= 4 is 22.0 Å². The molecule has 2 amide bonds. The highest BCUT2D eigenvalue weighted by Gasteiger charge is 2.35. The largest absolute Gasteiger partial charge is 0.445 e. The van der Waals surface area contributed by atoms with E-state index in [1.807, 2.05) is 30.3 Å². The summed E-state index contributed by atoms with van der Waals surface area (Å²) < 4.78 is 34.4. The average molecular weight is 441 g/mol. The van der Waals surface area contributed by atoms with Gasteiger partial charge in [0.25, 0.3) is 0 Å². The van der Waals surface area contributed by atoms with E-state index in [-0.39, 0.29) is 30.4 Å². The van der Waals surface area contributed by atoms with Crippen LogP contribution in [0.3, 0.4) is 0 Å². The summed E-state index contributed by atoms with van der Waals surface area (Å²) in [5.41, 5.74) is 0.253. The maximum Gasteiger partial charge on any atom is 0.407 e. The van der Waals surface area contributed by atoms with Gasteiger partial charge in [0, 0.05) is 18.3 Å². The van der Waals surface area contributed by atoms with Gasteiger partial charge in [0.15, 0.2) is 0 Å². The number of hydrogen-bond donors (Lipinski definition) is 2. The molecule has 9 heteroatoms. The van der Waals surface area contributed by atoms with Gasteiger partial charge in [-0.3, -0.25) is 0 Å². The fourth-order valence-electron chi connectivity index (χ4n) is 3.55. The Hall–Kier alpha value is -2.29. The lowest BCUT2D eigenvalue weighted by molar-refractivity contribution is 0.0477. The van der Waals surface area contributed by atoms with Crippen molar-refractivity contribution in [2.24, 2.45) is 5.92 Å². The first-order valence-corrected chi connectivity index (χ1v) is 12.1. The highest BCUT2D eigenvalue weighted by Crippen LogP contribution is 2.27. The molecule has 0 heterocycles. The van der Waals surface area contributed by atoms with Gasteiger partial charge in [0.1, 0.15) is 22.0 Å². The minimum absolute atomic E-state index is 0.0802. The molecular formula is C21H32N2O6S. The molecule has 1 saturated carbocycles. The molecule has 0 bridgehead atoms. The predicted octanol–water partition coefficient (Wildman–Crippen LogP) is 3.02. The Morgan fingerprint density at radius 3 is 2.33 bits per heavy atom. The first-order chi connectivity index (χ1) is 13.9. The van der Waals surface area contributed by atoms with E-state index < -0.39 is 27.6 Å². The lowest BCUT2D eigenvalue weighted by atomic mass is 9.82. The summed E-state index contributed by atoms with van der Waals surface area (Å²) in [4.78, 5) is 24.3. The SMILES string of the molecule is CC(C)(C)OC(=O)N[C@@H]1CC[C@H](NC(=O)OCc2ccccc2)[C@H](CS(C)(=O)=O)C1. The van der Waals surface area contributed by atoms with Gasteiger partial charge in [0.2, 0.25) is 0 Å². The zero-order valence-electron chi connectivity index (χ0n) is 18.0. The third kappa shape index (κ3) is 9.02. The van der Waals surface area contributed by atoms with Crippen LogP contribution in [0.4, 0.5) is 9.59 Å². The number of carbonyl (C=O) groups is 2. The van der Waals surface area contributed by atoms with Gasteiger partial charge in [-0.25, -0.2) is 18.0 Å². The fraction of sp³-hybridized carbons (Fsp3) is 0.619. The predicted molar refractivity (Wildman–Crippen MR) is 114 cm³/mol. The molecule has 3 atom stereocenters. The molecule has 0 unspecified atom stereocenters. The number of benzene rings is 1. The lowest BCUT2D eigenvalue weighted by Gasteiger charge is -2.36. The van der Waals surface area contributed by atoms with Crippen LogP contribution in [0.25, 0.3) is 0 Å². The highest BCUT2D eigenvalue weighted by atomic mass is 32.2. The van der Waals surface area contributed by atoms with Crippen molar-refractivity contribution in [2.45, 2.75) is 64.3 Å². The summed E-state index contributed by atoms with van der Waals surface area (Å²) in [7, 11) is -3.26. The van der Waals surface area contributed by atoms with Gasteiger partial charge in [-0.05, 0) is 51.5 Å². The van der Waals surface area contributed by atoms with E-state index >= 15 is 0 Å². The zero-order chi connectivity index (χ0) is 22.4. The summed E-state index contributed by atoms with van der Waals surface area (Å²) in [5.74, 6) is -0.415. The standard InChI is InChI=1S/C21H32N2O6S/c1-21(2,3)29-20(25)22-17-10-11-18(16(12-17)14-30(4,26)27)23-19(24)28-13-15-8-6-5-7-9-15/h5-9,16-18H,10-14H2,1-4H3,(H,22,25)(H,23,24)/t16-,17+,18-/m0/s1. The normalized spacial score (nSPS) is 22.1. The van der Waals surface area contributed by atoms with Gasteiger partial charge in [-0.2, -0.15) is 0 Å². The second-order valence-electron chi connectivity index (χ2n) is 8.82. The van der Waals surface area contributed by atoms with Crippen LogP contribution in [0.1, 0.15) is 45.6 Å². The maximum atomic E-state index is 12.2. The van der Waals surface area contributed by atoms with E-state index in [1.165, 1.54) is 6.26 Å². The van der Waals surface area contributed by atoms with E-state index in [0.717, 1.165) is 5.56 Å². The first-order valence-electron chi connectivity index (χ1n) is 10.1. The number of amides is 2. The fourth-order valence-corrected chi connectivity index (χ4v) is 4.69.